The molecule has 0 bridgehead atoms. The first-order chi connectivity index (χ1) is 11.5. The van der Waals surface area contributed by atoms with Gasteiger partial charge in [0.05, 0.1) is 26.4 Å². The van der Waals surface area contributed by atoms with Crippen LogP contribution in [0.5, 0.6) is 11.5 Å². The van der Waals surface area contributed by atoms with Gasteiger partial charge < -0.3 is 9.47 Å². The number of benzene rings is 2. The van der Waals surface area contributed by atoms with E-state index in [2.05, 4.69) is 10.5 Å². The molecule has 0 saturated heterocycles. The van der Waals surface area contributed by atoms with Crippen molar-refractivity contribution in [2.24, 2.45) is 5.10 Å². The molecule has 126 valence electrons. The van der Waals surface area contributed by atoms with Crippen LogP contribution < -0.4 is 14.9 Å². The lowest BCUT2D eigenvalue weighted by atomic mass is 10.1. The van der Waals surface area contributed by atoms with Crippen molar-refractivity contribution in [2.75, 3.05) is 14.2 Å². The molecule has 0 aliphatic heterocycles. The Morgan fingerprint density at radius 2 is 1.75 bits per heavy atom. The number of hydrogen-bond donors (Lipinski definition) is 1. The topological polar surface area (TPSA) is 59.9 Å². The van der Waals surface area contributed by atoms with Crippen LogP contribution in [-0.2, 0) is 11.2 Å². The molecule has 0 fully saturated rings. The molecule has 0 saturated carbocycles. The monoisotopic (exact) mass is 346 g/mol. The molecule has 6 heteroatoms. The zero-order valence-corrected chi connectivity index (χ0v) is 14.6. The minimum absolute atomic E-state index is 0.192. The number of methoxy groups -OCH3 is 2. The minimum Gasteiger partial charge on any atom is -0.493 e. The van der Waals surface area contributed by atoms with Crippen molar-refractivity contribution in [1.82, 2.24) is 5.43 Å². The number of rotatable bonds is 6. The van der Waals surface area contributed by atoms with Crippen LogP contribution in [0.1, 0.15) is 18.1 Å². The van der Waals surface area contributed by atoms with Gasteiger partial charge in [0, 0.05) is 5.02 Å². The van der Waals surface area contributed by atoms with Gasteiger partial charge in [-0.15, -0.1) is 0 Å². The van der Waals surface area contributed by atoms with Crippen LogP contribution in [0.3, 0.4) is 0 Å². The second-order valence-corrected chi connectivity index (χ2v) is 5.54. The Labute approximate surface area is 146 Å². The third kappa shape index (κ3) is 4.73. The predicted molar refractivity (Wildman–Crippen MR) is 95.1 cm³/mol. The van der Waals surface area contributed by atoms with Crippen molar-refractivity contribution < 1.29 is 14.3 Å². The first-order valence-electron chi connectivity index (χ1n) is 7.33. The number of nitrogens with one attached hydrogen (secondary N) is 1. The molecule has 0 aromatic heterocycles. The molecule has 2 aromatic rings. The van der Waals surface area contributed by atoms with Gasteiger partial charge in [0.1, 0.15) is 0 Å². The van der Waals surface area contributed by atoms with Gasteiger partial charge in [-0.05, 0) is 42.3 Å². The first kappa shape index (κ1) is 17.8. The number of halogens is 1. The molecule has 0 atom stereocenters. The molecule has 5 nitrogen and oxygen atoms in total. The third-order valence-corrected chi connectivity index (χ3v) is 3.67. The van der Waals surface area contributed by atoms with E-state index in [1.54, 1.807) is 38.5 Å². The maximum atomic E-state index is 12.0. The summed E-state index contributed by atoms with van der Waals surface area (Å²) in [6.07, 6.45) is 0.192. The fraction of sp³-hybridized carbons (Fsp3) is 0.222. The fourth-order valence-electron chi connectivity index (χ4n) is 2.12. The summed E-state index contributed by atoms with van der Waals surface area (Å²) in [7, 11) is 3.12. The quantitative estimate of drug-likeness (QED) is 0.644. The van der Waals surface area contributed by atoms with Crippen molar-refractivity contribution >= 4 is 23.2 Å². The normalized spacial score (nSPS) is 11.1. The van der Waals surface area contributed by atoms with Crippen molar-refractivity contribution in [1.29, 1.82) is 0 Å². The highest BCUT2D eigenvalue weighted by molar-refractivity contribution is 6.30. The van der Waals surface area contributed by atoms with Crippen LogP contribution in [0.4, 0.5) is 0 Å². The smallest absolute Gasteiger partial charge is 0.244 e. The summed E-state index contributed by atoms with van der Waals surface area (Å²) in [5.74, 6) is 0.998. The van der Waals surface area contributed by atoms with E-state index in [1.807, 2.05) is 25.1 Å². The van der Waals surface area contributed by atoms with E-state index in [0.29, 0.717) is 22.2 Å². The highest BCUT2D eigenvalue weighted by atomic mass is 35.5. The molecule has 0 heterocycles. The van der Waals surface area contributed by atoms with Gasteiger partial charge in [0.15, 0.2) is 11.5 Å². The molecule has 1 N–H and O–H groups in total. The minimum atomic E-state index is -0.212. The van der Waals surface area contributed by atoms with Gasteiger partial charge >= 0.3 is 0 Å². The van der Waals surface area contributed by atoms with E-state index in [0.717, 1.165) is 11.1 Å². The van der Waals surface area contributed by atoms with Crippen LogP contribution in [0.25, 0.3) is 0 Å². The number of amides is 1. The number of hydrazone groups is 1. The van der Waals surface area contributed by atoms with Gasteiger partial charge in [-0.25, -0.2) is 5.43 Å². The van der Waals surface area contributed by atoms with Gasteiger partial charge in [-0.3, -0.25) is 4.79 Å². The van der Waals surface area contributed by atoms with Gasteiger partial charge in [0.25, 0.3) is 0 Å². The predicted octanol–water partition coefficient (Wildman–Crippen LogP) is 3.44. The molecule has 2 aromatic carbocycles. The van der Waals surface area contributed by atoms with Crippen molar-refractivity contribution in [3.8, 4) is 11.5 Å². The molecule has 0 unspecified atom stereocenters. The zero-order chi connectivity index (χ0) is 17.5. The number of carbonyl (C=O) groups excluding carboxylic acids is 1. The molecule has 0 radical (unpaired) electrons. The molecular weight excluding hydrogens is 328 g/mol. The molecular formula is C18H19ClN2O3. The van der Waals surface area contributed by atoms with E-state index in [9.17, 15) is 4.79 Å². The Morgan fingerprint density at radius 3 is 2.38 bits per heavy atom. The van der Waals surface area contributed by atoms with Crippen LogP contribution in [0.15, 0.2) is 47.6 Å². The lowest BCUT2D eigenvalue weighted by Gasteiger charge is -2.09. The van der Waals surface area contributed by atoms with E-state index < -0.39 is 0 Å². The van der Waals surface area contributed by atoms with Crippen LogP contribution in [-0.4, -0.2) is 25.8 Å². The van der Waals surface area contributed by atoms with Crippen molar-refractivity contribution in [3.05, 3.63) is 58.6 Å². The molecule has 2 rings (SSSR count). The zero-order valence-electron chi connectivity index (χ0n) is 13.8. The maximum Gasteiger partial charge on any atom is 0.244 e. The summed E-state index contributed by atoms with van der Waals surface area (Å²) in [4.78, 5) is 12.0. The summed E-state index contributed by atoms with van der Waals surface area (Å²) in [6.45, 7) is 1.82. The van der Waals surface area contributed by atoms with Gasteiger partial charge in [-0.1, -0.05) is 29.8 Å². The summed E-state index contributed by atoms with van der Waals surface area (Å²) in [5, 5.41) is 4.77. The largest absolute Gasteiger partial charge is 0.493 e. The average molecular weight is 347 g/mol. The summed E-state index contributed by atoms with van der Waals surface area (Å²) < 4.78 is 10.4. The standard InChI is InChI=1S/C18H19ClN2O3/c1-12(14-5-7-15(19)8-6-14)20-21-18(22)11-13-4-9-16(23-2)17(10-13)24-3/h4-10H,11H2,1-3H3,(H,21,22)/b20-12-. The van der Waals surface area contributed by atoms with Gasteiger partial charge in [-0.2, -0.15) is 5.10 Å². The first-order valence-corrected chi connectivity index (χ1v) is 7.71. The second kappa shape index (κ2) is 8.36. The summed E-state index contributed by atoms with van der Waals surface area (Å²) in [5.41, 5.74) is 4.96. The molecule has 0 aliphatic carbocycles. The van der Waals surface area contributed by atoms with E-state index >= 15 is 0 Å². The summed E-state index contributed by atoms with van der Waals surface area (Å²) in [6, 6.07) is 12.6. The average Bonchev–Trinajstić information content (AvgIpc) is 2.60. The molecule has 24 heavy (non-hydrogen) atoms. The highest BCUT2D eigenvalue weighted by Crippen LogP contribution is 2.27. The fourth-order valence-corrected chi connectivity index (χ4v) is 2.24. The van der Waals surface area contributed by atoms with Gasteiger partial charge in [0.2, 0.25) is 5.91 Å². The van der Waals surface area contributed by atoms with Crippen LogP contribution in [0.2, 0.25) is 5.02 Å². The van der Waals surface area contributed by atoms with Crippen LogP contribution >= 0.6 is 11.6 Å². The Kier molecular flexibility index (Phi) is 6.21. The van der Waals surface area contributed by atoms with E-state index in [-0.39, 0.29) is 12.3 Å². The molecule has 1 amide bonds. The molecule has 0 aliphatic rings. The number of nitrogens with zero attached hydrogens (tertiary/aromatic N) is 1. The Hall–Kier alpha value is -2.53. The Morgan fingerprint density at radius 1 is 1.08 bits per heavy atom. The van der Waals surface area contributed by atoms with Crippen LogP contribution in [0, 0.1) is 0 Å². The lowest BCUT2D eigenvalue weighted by Crippen LogP contribution is -2.21. The van der Waals surface area contributed by atoms with Crippen molar-refractivity contribution in [2.45, 2.75) is 13.3 Å². The maximum absolute atomic E-state index is 12.0. The summed E-state index contributed by atoms with van der Waals surface area (Å²) >= 11 is 5.85. The molecule has 0 spiro atoms. The lowest BCUT2D eigenvalue weighted by molar-refractivity contribution is -0.120. The SMILES string of the molecule is COc1ccc(CC(=O)N/N=C(/C)c2ccc(Cl)cc2)cc1OC. The number of hydrogen-bond acceptors (Lipinski definition) is 4. The Bertz CT molecular complexity index is 742. The number of ether oxygens (including phenoxy) is 2. The van der Waals surface area contributed by atoms with E-state index in [1.165, 1.54) is 0 Å². The van der Waals surface area contributed by atoms with Crippen molar-refractivity contribution in [3.63, 3.8) is 0 Å². The Balaban J connectivity index is 2.00. The number of carbonyl (C=O) groups is 1. The highest BCUT2D eigenvalue weighted by Gasteiger charge is 2.08. The van der Waals surface area contributed by atoms with E-state index in [4.69, 9.17) is 21.1 Å². The third-order valence-electron chi connectivity index (χ3n) is 3.42. The second-order valence-electron chi connectivity index (χ2n) is 5.11.